The summed E-state index contributed by atoms with van der Waals surface area (Å²) in [7, 11) is 0. The van der Waals surface area contributed by atoms with Gasteiger partial charge in [-0.05, 0) is 26.3 Å². The minimum atomic E-state index is -4.70. The lowest BCUT2D eigenvalue weighted by Crippen LogP contribution is -2.30. The lowest BCUT2D eigenvalue weighted by Gasteiger charge is -2.19. The molecule has 0 aromatic carbocycles. The number of amides is 1. The second-order valence-corrected chi connectivity index (χ2v) is 5.30. The molecule has 1 amide bonds. The highest BCUT2D eigenvalue weighted by Crippen LogP contribution is 2.22. The molecule has 1 aromatic rings. The molecule has 1 aromatic heterocycles. The van der Waals surface area contributed by atoms with Crippen LogP contribution >= 0.6 is 0 Å². The molecule has 0 saturated heterocycles. The number of rotatable bonds is 3. The van der Waals surface area contributed by atoms with E-state index in [1.807, 2.05) is 0 Å². The monoisotopic (exact) mass is 307 g/mol. The zero-order chi connectivity index (χ0) is 16.3. The molecule has 0 fully saturated rings. The summed E-state index contributed by atoms with van der Waals surface area (Å²) in [6, 6.07) is 0. The third-order valence-electron chi connectivity index (χ3n) is 2.12. The van der Waals surface area contributed by atoms with E-state index in [1.54, 1.807) is 20.8 Å². The average Bonchev–Trinajstić information content (AvgIpc) is 2.27. The van der Waals surface area contributed by atoms with Crippen LogP contribution in [-0.2, 0) is 11.2 Å². The largest absolute Gasteiger partial charge is 0.444 e. The van der Waals surface area contributed by atoms with Crippen LogP contribution in [0, 0.1) is 0 Å². The SMILES string of the molecule is CC(C)(C)OC(=O)Nc1ncc(CC(O)C(F)(F)F)cn1. The van der Waals surface area contributed by atoms with Crippen molar-refractivity contribution in [2.75, 3.05) is 5.32 Å². The Morgan fingerprint density at radius 1 is 1.33 bits per heavy atom. The van der Waals surface area contributed by atoms with Crippen LogP contribution in [0.1, 0.15) is 26.3 Å². The number of ether oxygens (including phenoxy) is 1. The van der Waals surface area contributed by atoms with Crippen molar-refractivity contribution in [2.24, 2.45) is 0 Å². The fourth-order valence-corrected chi connectivity index (χ4v) is 1.26. The predicted octanol–water partition coefficient (Wildman–Crippen LogP) is 2.29. The van der Waals surface area contributed by atoms with Gasteiger partial charge in [0.2, 0.25) is 5.95 Å². The standard InChI is InChI=1S/C12H16F3N3O3/c1-11(2,3)21-10(20)18-9-16-5-7(6-17-9)4-8(19)12(13,14)15/h5-6,8,19H,4H2,1-3H3,(H,16,17,18,20). The second-order valence-electron chi connectivity index (χ2n) is 5.30. The first kappa shape index (κ1) is 17.2. The molecule has 1 rings (SSSR count). The van der Waals surface area contributed by atoms with E-state index in [9.17, 15) is 18.0 Å². The van der Waals surface area contributed by atoms with Crippen molar-refractivity contribution in [2.45, 2.75) is 45.1 Å². The Morgan fingerprint density at radius 2 is 1.86 bits per heavy atom. The molecular weight excluding hydrogens is 291 g/mol. The van der Waals surface area contributed by atoms with Crippen molar-refractivity contribution < 1.29 is 27.8 Å². The number of carbonyl (C=O) groups is 1. The Hall–Kier alpha value is -1.90. The highest BCUT2D eigenvalue weighted by molar-refractivity contribution is 5.82. The minimum Gasteiger partial charge on any atom is -0.444 e. The van der Waals surface area contributed by atoms with E-state index < -0.39 is 30.4 Å². The fourth-order valence-electron chi connectivity index (χ4n) is 1.26. The molecule has 0 aliphatic carbocycles. The summed E-state index contributed by atoms with van der Waals surface area (Å²) in [5.41, 5.74) is -0.601. The van der Waals surface area contributed by atoms with Crippen LogP contribution in [0.25, 0.3) is 0 Å². The summed E-state index contributed by atoms with van der Waals surface area (Å²) in [6.07, 6.45) is -6.43. The number of aliphatic hydroxyl groups excluding tert-OH is 1. The molecule has 1 atom stereocenters. The van der Waals surface area contributed by atoms with E-state index >= 15 is 0 Å². The molecule has 0 aliphatic heterocycles. The number of aromatic nitrogens is 2. The second kappa shape index (κ2) is 6.25. The number of hydrogen-bond donors (Lipinski definition) is 2. The molecule has 6 nitrogen and oxygen atoms in total. The molecule has 21 heavy (non-hydrogen) atoms. The molecule has 0 spiro atoms. The summed E-state index contributed by atoms with van der Waals surface area (Å²) < 4.78 is 41.5. The van der Waals surface area contributed by atoms with Crippen molar-refractivity contribution in [3.05, 3.63) is 18.0 Å². The van der Waals surface area contributed by atoms with Crippen molar-refractivity contribution in [1.82, 2.24) is 9.97 Å². The summed E-state index contributed by atoms with van der Waals surface area (Å²) >= 11 is 0. The first-order valence-electron chi connectivity index (χ1n) is 6.03. The molecule has 9 heteroatoms. The predicted molar refractivity (Wildman–Crippen MR) is 67.7 cm³/mol. The molecule has 0 radical (unpaired) electrons. The van der Waals surface area contributed by atoms with E-state index in [1.165, 1.54) is 0 Å². The van der Waals surface area contributed by atoms with Crippen LogP contribution in [0.2, 0.25) is 0 Å². The number of alkyl halides is 3. The van der Waals surface area contributed by atoms with Gasteiger partial charge in [-0.3, -0.25) is 5.32 Å². The number of halogens is 3. The Balaban J connectivity index is 2.60. The molecule has 0 bridgehead atoms. The zero-order valence-corrected chi connectivity index (χ0v) is 11.7. The van der Waals surface area contributed by atoms with Crippen LogP contribution in [0.4, 0.5) is 23.9 Å². The maximum absolute atomic E-state index is 12.2. The third-order valence-corrected chi connectivity index (χ3v) is 2.12. The Kier molecular flexibility index (Phi) is 5.10. The first-order valence-corrected chi connectivity index (χ1v) is 6.03. The topological polar surface area (TPSA) is 84.3 Å². The van der Waals surface area contributed by atoms with E-state index in [0.717, 1.165) is 12.4 Å². The van der Waals surface area contributed by atoms with E-state index in [2.05, 4.69) is 15.3 Å². The van der Waals surface area contributed by atoms with Crippen molar-refractivity contribution >= 4 is 12.0 Å². The van der Waals surface area contributed by atoms with Gasteiger partial charge < -0.3 is 9.84 Å². The van der Waals surface area contributed by atoms with Gasteiger partial charge in [0.05, 0.1) is 0 Å². The third kappa shape index (κ3) is 6.39. The number of nitrogens with one attached hydrogen (secondary N) is 1. The van der Waals surface area contributed by atoms with Crippen LogP contribution in [-0.4, -0.2) is 39.0 Å². The van der Waals surface area contributed by atoms with Crippen LogP contribution in [0.3, 0.4) is 0 Å². The Morgan fingerprint density at radius 3 is 2.29 bits per heavy atom. The normalized spacial score (nSPS) is 13.7. The maximum Gasteiger partial charge on any atom is 0.414 e. The van der Waals surface area contributed by atoms with Gasteiger partial charge in [-0.2, -0.15) is 13.2 Å². The number of aliphatic hydroxyl groups is 1. The van der Waals surface area contributed by atoms with Crippen molar-refractivity contribution in [1.29, 1.82) is 0 Å². The smallest absolute Gasteiger partial charge is 0.414 e. The van der Waals surface area contributed by atoms with Gasteiger partial charge in [-0.15, -0.1) is 0 Å². The van der Waals surface area contributed by atoms with Gasteiger partial charge in [0.25, 0.3) is 0 Å². The van der Waals surface area contributed by atoms with Crippen molar-refractivity contribution in [3.8, 4) is 0 Å². The average molecular weight is 307 g/mol. The molecule has 1 unspecified atom stereocenters. The van der Waals surface area contributed by atoms with Gasteiger partial charge in [-0.25, -0.2) is 14.8 Å². The summed E-state index contributed by atoms with van der Waals surface area (Å²) in [6.45, 7) is 5.03. The lowest BCUT2D eigenvalue weighted by atomic mass is 10.1. The van der Waals surface area contributed by atoms with Gasteiger partial charge in [0.1, 0.15) is 5.60 Å². The number of carbonyl (C=O) groups excluding carboxylic acids is 1. The maximum atomic E-state index is 12.2. The highest BCUT2D eigenvalue weighted by atomic mass is 19.4. The highest BCUT2D eigenvalue weighted by Gasteiger charge is 2.38. The summed E-state index contributed by atoms with van der Waals surface area (Å²) in [5, 5.41) is 11.2. The Bertz CT molecular complexity index is 483. The lowest BCUT2D eigenvalue weighted by molar-refractivity contribution is -0.203. The minimum absolute atomic E-state index is 0.0922. The number of hydrogen-bond acceptors (Lipinski definition) is 5. The summed E-state index contributed by atoms with van der Waals surface area (Å²) in [5.74, 6) is -0.102. The quantitative estimate of drug-likeness (QED) is 0.895. The van der Waals surface area contributed by atoms with Gasteiger partial charge in [0.15, 0.2) is 6.10 Å². The van der Waals surface area contributed by atoms with Crippen LogP contribution in [0.15, 0.2) is 12.4 Å². The van der Waals surface area contributed by atoms with Crippen LogP contribution < -0.4 is 5.32 Å². The summed E-state index contributed by atoms with van der Waals surface area (Å²) in [4.78, 5) is 18.8. The zero-order valence-electron chi connectivity index (χ0n) is 11.7. The number of anilines is 1. The van der Waals surface area contributed by atoms with Gasteiger partial charge in [0, 0.05) is 18.8 Å². The van der Waals surface area contributed by atoms with Crippen molar-refractivity contribution in [3.63, 3.8) is 0 Å². The molecule has 2 N–H and O–H groups in total. The first-order chi connectivity index (χ1) is 9.47. The fraction of sp³-hybridized carbons (Fsp3) is 0.583. The van der Waals surface area contributed by atoms with Crippen LogP contribution in [0.5, 0.6) is 0 Å². The molecule has 1 heterocycles. The van der Waals surface area contributed by atoms with Gasteiger partial charge in [-0.1, -0.05) is 0 Å². The van der Waals surface area contributed by atoms with E-state index in [4.69, 9.17) is 9.84 Å². The molecular formula is C12H16F3N3O3. The molecule has 0 aliphatic rings. The van der Waals surface area contributed by atoms with E-state index in [0.29, 0.717) is 0 Å². The molecule has 118 valence electrons. The van der Waals surface area contributed by atoms with E-state index in [-0.39, 0.29) is 11.5 Å². The Labute approximate surface area is 119 Å². The molecule has 0 saturated carbocycles. The van der Waals surface area contributed by atoms with Gasteiger partial charge >= 0.3 is 12.3 Å². The number of nitrogens with zero attached hydrogens (tertiary/aromatic N) is 2.